The van der Waals surface area contributed by atoms with Gasteiger partial charge < -0.3 is 5.32 Å². The topological polar surface area (TPSA) is 64.0 Å². The Bertz CT molecular complexity index is 987. The standard InChI is InChI=1S/C19H15FIN3O2/c20-14-7-5-13(6-8-14)17-11-18(25)24(12-23-17)10-9-22-19(26)15-3-1-2-4-16(15)21/h1-8,11-12H,9-10H2,(H,22,26). The van der Waals surface area contributed by atoms with Gasteiger partial charge >= 0.3 is 0 Å². The summed E-state index contributed by atoms with van der Waals surface area (Å²) >= 11 is 2.11. The van der Waals surface area contributed by atoms with Crippen molar-refractivity contribution >= 4 is 28.5 Å². The molecular weight excluding hydrogens is 448 g/mol. The lowest BCUT2D eigenvalue weighted by atomic mass is 10.1. The molecule has 0 bridgehead atoms. The van der Waals surface area contributed by atoms with Crippen LogP contribution in [0.4, 0.5) is 4.39 Å². The van der Waals surface area contributed by atoms with Crippen molar-refractivity contribution in [1.29, 1.82) is 0 Å². The summed E-state index contributed by atoms with van der Waals surface area (Å²) in [6.45, 7) is 0.617. The molecule has 132 valence electrons. The zero-order chi connectivity index (χ0) is 18.5. The number of hydrogen-bond donors (Lipinski definition) is 1. The molecule has 0 aliphatic heterocycles. The van der Waals surface area contributed by atoms with E-state index in [1.807, 2.05) is 12.1 Å². The minimum absolute atomic E-state index is 0.182. The van der Waals surface area contributed by atoms with Gasteiger partial charge in [0.05, 0.1) is 17.6 Å². The van der Waals surface area contributed by atoms with Crippen LogP contribution in [-0.2, 0) is 6.54 Å². The molecule has 1 heterocycles. The molecule has 3 aromatic rings. The van der Waals surface area contributed by atoms with E-state index in [1.54, 1.807) is 24.3 Å². The zero-order valence-corrected chi connectivity index (χ0v) is 15.8. The third kappa shape index (κ3) is 4.34. The highest BCUT2D eigenvalue weighted by molar-refractivity contribution is 14.1. The summed E-state index contributed by atoms with van der Waals surface area (Å²) in [6, 6.07) is 14.5. The Hall–Kier alpha value is -2.55. The Morgan fingerprint density at radius 2 is 1.88 bits per heavy atom. The van der Waals surface area contributed by atoms with E-state index in [2.05, 4.69) is 32.9 Å². The fourth-order valence-electron chi connectivity index (χ4n) is 2.40. The zero-order valence-electron chi connectivity index (χ0n) is 13.7. The van der Waals surface area contributed by atoms with Crippen LogP contribution in [0.2, 0.25) is 0 Å². The van der Waals surface area contributed by atoms with E-state index >= 15 is 0 Å². The lowest BCUT2D eigenvalue weighted by Gasteiger charge is -2.09. The van der Waals surface area contributed by atoms with Crippen molar-refractivity contribution in [3.63, 3.8) is 0 Å². The van der Waals surface area contributed by atoms with Gasteiger partial charge in [0.1, 0.15) is 5.82 Å². The number of rotatable bonds is 5. The molecule has 26 heavy (non-hydrogen) atoms. The molecule has 0 radical (unpaired) electrons. The van der Waals surface area contributed by atoms with Crippen LogP contribution >= 0.6 is 22.6 Å². The van der Waals surface area contributed by atoms with E-state index in [0.717, 1.165) is 3.57 Å². The monoisotopic (exact) mass is 463 g/mol. The highest BCUT2D eigenvalue weighted by Crippen LogP contribution is 2.15. The summed E-state index contributed by atoms with van der Waals surface area (Å²) in [5, 5.41) is 2.80. The number of carbonyl (C=O) groups excluding carboxylic acids is 1. The molecular formula is C19H15FIN3O2. The maximum atomic E-state index is 13.0. The van der Waals surface area contributed by atoms with Crippen molar-refractivity contribution in [2.75, 3.05) is 6.54 Å². The van der Waals surface area contributed by atoms with Gasteiger partial charge in [-0.1, -0.05) is 12.1 Å². The van der Waals surface area contributed by atoms with E-state index in [9.17, 15) is 14.0 Å². The number of halogens is 2. The van der Waals surface area contributed by atoms with E-state index < -0.39 is 0 Å². The van der Waals surface area contributed by atoms with E-state index in [4.69, 9.17) is 0 Å². The first-order chi connectivity index (χ1) is 12.5. The average molecular weight is 463 g/mol. The average Bonchev–Trinajstić information content (AvgIpc) is 2.64. The van der Waals surface area contributed by atoms with Gasteiger partial charge in [-0.2, -0.15) is 0 Å². The molecule has 0 saturated heterocycles. The maximum absolute atomic E-state index is 13.0. The number of nitrogens with zero attached hydrogens (tertiary/aromatic N) is 2. The number of amides is 1. The van der Waals surface area contributed by atoms with Gasteiger partial charge in [0.2, 0.25) is 0 Å². The Balaban J connectivity index is 1.64. The van der Waals surface area contributed by atoms with Gasteiger partial charge in [-0.15, -0.1) is 0 Å². The Morgan fingerprint density at radius 1 is 1.15 bits per heavy atom. The Morgan fingerprint density at radius 3 is 2.58 bits per heavy atom. The third-order valence-corrected chi connectivity index (χ3v) is 4.72. The molecule has 0 aliphatic carbocycles. The summed E-state index contributed by atoms with van der Waals surface area (Å²) in [5.41, 5.74) is 1.52. The molecule has 0 spiro atoms. The van der Waals surface area contributed by atoms with Crippen LogP contribution in [0.25, 0.3) is 11.3 Å². The second kappa shape index (κ2) is 8.22. The van der Waals surface area contributed by atoms with Crippen LogP contribution in [0, 0.1) is 9.39 Å². The van der Waals surface area contributed by atoms with Crippen molar-refractivity contribution in [3.8, 4) is 11.3 Å². The molecule has 0 aliphatic rings. The minimum atomic E-state index is -0.342. The van der Waals surface area contributed by atoms with Crippen LogP contribution in [0.1, 0.15) is 10.4 Å². The van der Waals surface area contributed by atoms with Crippen LogP contribution in [0.15, 0.2) is 65.7 Å². The van der Waals surface area contributed by atoms with Gasteiger partial charge in [0, 0.05) is 28.3 Å². The first-order valence-corrected chi connectivity index (χ1v) is 8.97. The second-order valence-corrected chi connectivity index (χ2v) is 6.71. The molecule has 2 aromatic carbocycles. The first kappa shape index (κ1) is 18.2. The summed E-state index contributed by atoms with van der Waals surface area (Å²) < 4.78 is 15.3. The van der Waals surface area contributed by atoms with Gasteiger partial charge in [0.25, 0.3) is 11.5 Å². The normalized spacial score (nSPS) is 10.5. The molecule has 0 saturated carbocycles. The lowest BCUT2D eigenvalue weighted by Crippen LogP contribution is -2.31. The summed E-state index contributed by atoms with van der Waals surface area (Å²) in [5.74, 6) is -0.523. The maximum Gasteiger partial charge on any atom is 0.253 e. The first-order valence-electron chi connectivity index (χ1n) is 7.90. The molecule has 1 amide bonds. The van der Waals surface area contributed by atoms with Crippen LogP contribution in [0.3, 0.4) is 0 Å². The number of hydrogen-bond acceptors (Lipinski definition) is 3. The molecule has 7 heteroatoms. The fourth-order valence-corrected chi connectivity index (χ4v) is 3.04. The summed E-state index contributed by atoms with van der Waals surface area (Å²) in [6.07, 6.45) is 1.43. The number of nitrogens with one attached hydrogen (secondary N) is 1. The molecule has 3 rings (SSSR count). The SMILES string of the molecule is O=C(NCCn1cnc(-c2ccc(F)cc2)cc1=O)c1ccccc1I. The lowest BCUT2D eigenvalue weighted by molar-refractivity contribution is 0.0951. The van der Waals surface area contributed by atoms with Gasteiger partial charge in [-0.25, -0.2) is 9.37 Å². The summed E-state index contributed by atoms with van der Waals surface area (Å²) in [4.78, 5) is 28.6. The molecule has 0 unspecified atom stereocenters. The Kier molecular flexibility index (Phi) is 5.77. The van der Waals surface area contributed by atoms with Crippen molar-refractivity contribution in [2.24, 2.45) is 0 Å². The second-order valence-electron chi connectivity index (χ2n) is 5.55. The molecule has 1 aromatic heterocycles. The smallest absolute Gasteiger partial charge is 0.253 e. The molecule has 5 nitrogen and oxygen atoms in total. The number of benzene rings is 2. The predicted octanol–water partition coefficient (Wildman–Crippen LogP) is 3.08. The number of carbonyl (C=O) groups is 1. The van der Waals surface area contributed by atoms with Gasteiger partial charge in [0.15, 0.2) is 0 Å². The molecule has 0 fully saturated rings. The third-order valence-electron chi connectivity index (χ3n) is 3.78. The van der Waals surface area contributed by atoms with Crippen molar-refractivity contribution in [1.82, 2.24) is 14.9 Å². The quantitative estimate of drug-likeness (QED) is 0.592. The molecule has 0 atom stereocenters. The highest BCUT2D eigenvalue weighted by Gasteiger charge is 2.09. The van der Waals surface area contributed by atoms with E-state index in [-0.39, 0.29) is 17.3 Å². The van der Waals surface area contributed by atoms with Gasteiger partial charge in [-0.05, 0) is 59.0 Å². The number of aromatic nitrogens is 2. The van der Waals surface area contributed by atoms with Crippen LogP contribution < -0.4 is 10.9 Å². The van der Waals surface area contributed by atoms with E-state index in [0.29, 0.717) is 29.9 Å². The van der Waals surface area contributed by atoms with Crippen molar-refractivity contribution in [3.05, 3.63) is 86.2 Å². The fraction of sp³-hybridized carbons (Fsp3) is 0.105. The predicted molar refractivity (Wildman–Crippen MR) is 105 cm³/mol. The van der Waals surface area contributed by atoms with Crippen LogP contribution in [-0.4, -0.2) is 22.0 Å². The van der Waals surface area contributed by atoms with Crippen LogP contribution in [0.5, 0.6) is 0 Å². The molecule has 1 N–H and O–H groups in total. The minimum Gasteiger partial charge on any atom is -0.350 e. The largest absolute Gasteiger partial charge is 0.350 e. The Labute approximate surface area is 163 Å². The van der Waals surface area contributed by atoms with E-state index in [1.165, 1.54) is 29.1 Å². The van der Waals surface area contributed by atoms with Crippen molar-refractivity contribution < 1.29 is 9.18 Å². The highest BCUT2D eigenvalue weighted by atomic mass is 127. The van der Waals surface area contributed by atoms with Crippen molar-refractivity contribution in [2.45, 2.75) is 6.54 Å². The van der Waals surface area contributed by atoms with Gasteiger partial charge in [-0.3, -0.25) is 14.2 Å². The summed E-state index contributed by atoms with van der Waals surface area (Å²) in [7, 11) is 0.